The standard InChI is InChI=1S/C13H9ClF3N3O3/c14-8-3-7(13(15,16)17)5-18-12(8)20-19-4-6-1-2-9(21)11(23)10(6)22/h1-5,21-23H,(H,18,20)/b19-4+. The molecular weight excluding hydrogens is 339 g/mol. The van der Waals surface area contributed by atoms with Crippen molar-refractivity contribution < 1.29 is 28.5 Å². The number of hydrazone groups is 1. The SMILES string of the molecule is Oc1ccc(/C=N/Nc2ncc(C(F)(F)F)cc2Cl)c(O)c1O. The molecule has 0 radical (unpaired) electrons. The van der Waals surface area contributed by atoms with Crippen molar-refractivity contribution in [3.63, 3.8) is 0 Å². The maximum atomic E-state index is 12.5. The number of benzene rings is 1. The highest BCUT2D eigenvalue weighted by molar-refractivity contribution is 6.32. The van der Waals surface area contributed by atoms with Crippen LogP contribution in [-0.2, 0) is 6.18 Å². The van der Waals surface area contributed by atoms with Gasteiger partial charge in [-0.2, -0.15) is 18.3 Å². The summed E-state index contributed by atoms with van der Waals surface area (Å²) in [5, 5.41) is 31.4. The van der Waals surface area contributed by atoms with Gasteiger partial charge in [0.2, 0.25) is 5.75 Å². The first-order valence-corrected chi connectivity index (χ1v) is 6.33. The fourth-order valence-electron chi connectivity index (χ4n) is 1.53. The third-order valence-corrected chi connectivity index (χ3v) is 2.99. The van der Waals surface area contributed by atoms with Crippen LogP contribution in [0.2, 0.25) is 5.02 Å². The Morgan fingerprint density at radius 2 is 1.87 bits per heavy atom. The van der Waals surface area contributed by atoms with Gasteiger partial charge < -0.3 is 15.3 Å². The maximum absolute atomic E-state index is 12.5. The number of pyridine rings is 1. The molecule has 0 fully saturated rings. The second kappa shape index (κ2) is 6.21. The zero-order chi connectivity index (χ0) is 17.2. The Morgan fingerprint density at radius 1 is 1.17 bits per heavy atom. The third kappa shape index (κ3) is 3.75. The average Bonchev–Trinajstić information content (AvgIpc) is 2.47. The topological polar surface area (TPSA) is 98.0 Å². The first-order chi connectivity index (χ1) is 10.7. The Labute approximate surface area is 132 Å². The lowest BCUT2D eigenvalue weighted by molar-refractivity contribution is -0.137. The van der Waals surface area contributed by atoms with Gasteiger partial charge in [-0.15, -0.1) is 0 Å². The van der Waals surface area contributed by atoms with E-state index in [-0.39, 0.29) is 16.4 Å². The lowest BCUT2D eigenvalue weighted by Crippen LogP contribution is -2.06. The van der Waals surface area contributed by atoms with Crippen LogP contribution in [0.3, 0.4) is 0 Å². The molecule has 2 rings (SSSR count). The Balaban J connectivity index is 2.17. The molecule has 122 valence electrons. The molecule has 1 heterocycles. The molecule has 0 amide bonds. The summed E-state index contributed by atoms with van der Waals surface area (Å²) in [7, 11) is 0. The number of phenols is 3. The molecular formula is C13H9ClF3N3O3. The average molecular weight is 348 g/mol. The van der Waals surface area contributed by atoms with Gasteiger partial charge in [-0.05, 0) is 18.2 Å². The molecule has 1 aromatic heterocycles. The number of phenolic OH excluding ortho intramolecular Hbond substituents is 3. The summed E-state index contributed by atoms with van der Waals surface area (Å²) in [6.07, 6.45) is -2.91. The van der Waals surface area contributed by atoms with Crippen molar-refractivity contribution in [2.75, 3.05) is 5.43 Å². The summed E-state index contributed by atoms with van der Waals surface area (Å²) in [6.45, 7) is 0. The van der Waals surface area contributed by atoms with E-state index < -0.39 is 29.0 Å². The Morgan fingerprint density at radius 3 is 2.48 bits per heavy atom. The summed E-state index contributed by atoms with van der Waals surface area (Å²) in [4.78, 5) is 3.50. The van der Waals surface area contributed by atoms with Gasteiger partial charge in [0, 0.05) is 11.8 Å². The van der Waals surface area contributed by atoms with Gasteiger partial charge >= 0.3 is 6.18 Å². The van der Waals surface area contributed by atoms with Crippen molar-refractivity contribution in [1.29, 1.82) is 0 Å². The minimum Gasteiger partial charge on any atom is -0.504 e. The number of nitrogens with one attached hydrogen (secondary N) is 1. The first kappa shape index (κ1) is 16.7. The van der Waals surface area contributed by atoms with Gasteiger partial charge in [0.25, 0.3) is 0 Å². The molecule has 0 spiro atoms. The normalized spacial score (nSPS) is 11.8. The van der Waals surface area contributed by atoms with E-state index in [2.05, 4.69) is 15.5 Å². The van der Waals surface area contributed by atoms with E-state index in [1.165, 1.54) is 6.07 Å². The molecule has 0 saturated heterocycles. The monoisotopic (exact) mass is 347 g/mol. The van der Waals surface area contributed by atoms with Gasteiger partial charge in [-0.1, -0.05) is 11.6 Å². The molecule has 2 aromatic rings. The van der Waals surface area contributed by atoms with Crippen LogP contribution in [0.25, 0.3) is 0 Å². The van der Waals surface area contributed by atoms with Crippen molar-refractivity contribution in [3.8, 4) is 17.2 Å². The molecule has 0 aliphatic carbocycles. The number of halogens is 4. The maximum Gasteiger partial charge on any atom is 0.417 e. The van der Waals surface area contributed by atoms with E-state index in [0.717, 1.165) is 12.3 Å². The summed E-state index contributed by atoms with van der Waals surface area (Å²) >= 11 is 5.67. The van der Waals surface area contributed by atoms with Gasteiger partial charge in [-0.25, -0.2) is 4.98 Å². The van der Waals surface area contributed by atoms with Crippen LogP contribution in [0.5, 0.6) is 17.2 Å². The van der Waals surface area contributed by atoms with Gasteiger partial charge in [0.1, 0.15) is 0 Å². The smallest absolute Gasteiger partial charge is 0.417 e. The zero-order valence-corrected chi connectivity index (χ0v) is 11.9. The van der Waals surface area contributed by atoms with E-state index in [9.17, 15) is 23.4 Å². The quantitative estimate of drug-likeness (QED) is 0.388. The molecule has 0 unspecified atom stereocenters. The summed E-state index contributed by atoms with van der Waals surface area (Å²) in [6, 6.07) is 3.08. The number of hydrogen-bond donors (Lipinski definition) is 4. The van der Waals surface area contributed by atoms with Gasteiger partial charge in [0.15, 0.2) is 17.3 Å². The molecule has 4 N–H and O–H groups in total. The number of aromatic hydroxyl groups is 3. The first-order valence-electron chi connectivity index (χ1n) is 5.96. The lowest BCUT2D eigenvalue weighted by atomic mass is 10.2. The predicted molar refractivity (Wildman–Crippen MR) is 76.9 cm³/mol. The van der Waals surface area contributed by atoms with Crippen molar-refractivity contribution in [1.82, 2.24) is 4.98 Å². The molecule has 10 heteroatoms. The van der Waals surface area contributed by atoms with Gasteiger partial charge in [-0.3, -0.25) is 5.43 Å². The fourth-order valence-corrected chi connectivity index (χ4v) is 1.74. The third-order valence-electron chi connectivity index (χ3n) is 2.70. The second-order valence-electron chi connectivity index (χ2n) is 4.29. The van der Waals surface area contributed by atoms with Crippen LogP contribution >= 0.6 is 11.6 Å². The van der Waals surface area contributed by atoms with Crippen molar-refractivity contribution >= 4 is 23.6 Å². The lowest BCUT2D eigenvalue weighted by Gasteiger charge is -2.08. The zero-order valence-electron chi connectivity index (χ0n) is 11.1. The highest BCUT2D eigenvalue weighted by Gasteiger charge is 2.31. The highest BCUT2D eigenvalue weighted by atomic mass is 35.5. The van der Waals surface area contributed by atoms with E-state index in [1.54, 1.807) is 0 Å². The van der Waals surface area contributed by atoms with E-state index in [1.807, 2.05) is 0 Å². The molecule has 0 saturated carbocycles. The van der Waals surface area contributed by atoms with Crippen LogP contribution in [-0.4, -0.2) is 26.5 Å². The van der Waals surface area contributed by atoms with Crippen molar-refractivity contribution in [3.05, 3.63) is 40.5 Å². The molecule has 1 aromatic carbocycles. The van der Waals surface area contributed by atoms with Crippen LogP contribution in [0.1, 0.15) is 11.1 Å². The molecule has 0 aliphatic heterocycles. The van der Waals surface area contributed by atoms with E-state index in [4.69, 9.17) is 16.7 Å². The number of aromatic nitrogens is 1. The van der Waals surface area contributed by atoms with Crippen molar-refractivity contribution in [2.45, 2.75) is 6.18 Å². The highest BCUT2D eigenvalue weighted by Crippen LogP contribution is 2.36. The van der Waals surface area contributed by atoms with E-state index in [0.29, 0.717) is 12.3 Å². The molecule has 0 aliphatic rings. The fraction of sp³-hybridized carbons (Fsp3) is 0.0769. The molecule has 0 atom stereocenters. The number of rotatable bonds is 3. The van der Waals surface area contributed by atoms with E-state index >= 15 is 0 Å². The van der Waals surface area contributed by atoms with Crippen LogP contribution in [0.15, 0.2) is 29.5 Å². The number of nitrogens with zero attached hydrogens (tertiary/aromatic N) is 2. The number of alkyl halides is 3. The molecule has 6 nitrogen and oxygen atoms in total. The minimum atomic E-state index is -4.56. The largest absolute Gasteiger partial charge is 0.504 e. The van der Waals surface area contributed by atoms with Crippen LogP contribution in [0, 0.1) is 0 Å². The number of hydrogen-bond acceptors (Lipinski definition) is 6. The Kier molecular flexibility index (Phi) is 4.50. The minimum absolute atomic E-state index is 0.0517. The van der Waals surface area contributed by atoms with Gasteiger partial charge in [0.05, 0.1) is 16.8 Å². The summed E-state index contributed by atoms with van der Waals surface area (Å²) < 4.78 is 37.4. The second-order valence-corrected chi connectivity index (χ2v) is 4.70. The summed E-state index contributed by atoms with van der Waals surface area (Å²) in [5.41, 5.74) is 1.36. The predicted octanol–water partition coefficient (Wildman–Crippen LogP) is 3.32. The van der Waals surface area contributed by atoms with Crippen LogP contribution < -0.4 is 5.43 Å². The Bertz CT molecular complexity index is 766. The number of anilines is 1. The molecule has 23 heavy (non-hydrogen) atoms. The molecule has 0 bridgehead atoms. The van der Waals surface area contributed by atoms with Crippen molar-refractivity contribution in [2.24, 2.45) is 5.10 Å². The Hall–Kier alpha value is -2.68. The summed E-state index contributed by atoms with van der Waals surface area (Å²) in [5.74, 6) is -1.97. The van der Waals surface area contributed by atoms with Crippen LogP contribution in [0.4, 0.5) is 19.0 Å².